The van der Waals surface area contributed by atoms with E-state index < -0.39 is 6.10 Å². The smallest absolute Gasteiger partial charge is 0.249 e. The average molecular weight is 321 g/mol. The first kappa shape index (κ1) is 18.7. The number of ether oxygens (including phenoxy) is 2. The molecule has 0 radical (unpaired) electrons. The highest BCUT2D eigenvalue weighted by Gasteiger charge is 2.25. The zero-order valence-corrected chi connectivity index (χ0v) is 13.9. The van der Waals surface area contributed by atoms with Crippen molar-refractivity contribution in [3.05, 3.63) is 0 Å². The van der Waals surface area contributed by atoms with E-state index in [1.165, 1.54) is 6.42 Å². The number of amides is 1. The molecule has 2 N–H and O–H groups in total. The molecule has 0 aromatic heterocycles. The molecule has 21 heavy (non-hydrogen) atoms. The molecule has 4 atom stereocenters. The Balaban J connectivity index is 0.00000220. The van der Waals surface area contributed by atoms with Crippen LogP contribution >= 0.6 is 12.4 Å². The highest BCUT2D eigenvalue weighted by molar-refractivity contribution is 5.85. The van der Waals surface area contributed by atoms with Crippen LogP contribution in [0.3, 0.4) is 0 Å². The highest BCUT2D eigenvalue weighted by atomic mass is 35.5. The molecule has 0 spiro atoms. The highest BCUT2D eigenvalue weighted by Crippen LogP contribution is 2.14. The average Bonchev–Trinajstić information content (AvgIpc) is 2.48. The molecule has 2 aliphatic heterocycles. The Bertz CT molecular complexity index is 311. The van der Waals surface area contributed by atoms with Crippen LogP contribution in [-0.4, -0.2) is 50.5 Å². The lowest BCUT2D eigenvalue weighted by atomic mass is 9.95. The monoisotopic (exact) mass is 320 g/mol. The van der Waals surface area contributed by atoms with Crippen molar-refractivity contribution in [2.24, 2.45) is 5.92 Å². The van der Waals surface area contributed by atoms with Gasteiger partial charge in [-0.05, 0) is 51.6 Å². The van der Waals surface area contributed by atoms with Crippen LogP contribution in [0.4, 0.5) is 0 Å². The van der Waals surface area contributed by atoms with Gasteiger partial charge in [-0.15, -0.1) is 12.4 Å². The van der Waals surface area contributed by atoms with Crippen molar-refractivity contribution in [1.29, 1.82) is 0 Å². The SMILES string of the molecule is CC(OCC1CCCCO1)C(=O)NC1CCNCC1C.Cl. The standard InChI is InChI=1S/C15H28N2O3.ClH/c1-11-9-16-7-6-14(11)17-15(18)12(2)20-10-13-5-3-4-8-19-13;/h11-14,16H,3-10H2,1-2H3,(H,17,18);1H. The van der Waals surface area contributed by atoms with Crippen LogP contribution in [0.2, 0.25) is 0 Å². The van der Waals surface area contributed by atoms with Crippen LogP contribution in [0.5, 0.6) is 0 Å². The molecule has 4 unspecified atom stereocenters. The maximum atomic E-state index is 12.1. The maximum Gasteiger partial charge on any atom is 0.249 e. The Kier molecular flexibility index (Phi) is 8.56. The number of halogens is 1. The second kappa shape index (κ2) is 9.62. The zero-order chi connectivity index (χ0) is 14.4. The Hall–Kier alpha value is -0.360. The lowest BCUT2D eigenvalue weighted by molar-refractivity contribution is -0.136. The minimum atomic E-state index is -0.400. The molecule has 0 aromatic rings. The fraction of sp³-hybridized carbons (Fsp3) is 0.933. The van der Waals surface area contributed by atoms with Crippen LogP contribution in [0.15, 0.2) is 0 Å². The third-order valence-electron chi connectivity index (χ3n) is 4.29. The Morgan fingerprint density at radius 3 is 2.90 bits per heavy atom. The van der Waals surface area contributed by atoms with Crippen molar-refractivity contribution in [1.82, 2.24) is 10.6 Å². The third-order valence-corrected chi connectivity index (χ3v) is 4.29. The molecule has 1 amide bonds. The molecule has 2 aliphatic rings. The van der Waals surface area contributed by atoms with Gasteiger partial charge < -0.3 is 20.1 Å². The number of carbonyl (C=O) groups is 1. The predicted molar refractivity (Wildman–Crippen MR) is 84.8 cm³/mol. The van der Waals surface area contributed by atoms with E-state index in [9.17, 15) is 4.79 Å². The lowest BCUT2D eigenvalue weighted by Crippen LogP contribution is -2.51. The van der Waals surface area contributed by atoms with Crippen LogP contribution < -0.4 is 10.6 Å². The molecule has 5 nitrogen and oxygen atoms in total. The second-order valence-electron chi connectivity index (χ2n) is 6.05. The van der Waals surface area contributed by atoms with E-state index in [0.717, 1.165) is 39.0 Å². The van der Waals surface area contributed by atoms with Crippen molar-refractivity contribution in [3.8, 4) is 0 Å². The summed E-state index contributed by atoms with van der Waals surface area (Å²) in [5.41, 5.74) is 0. The number of nitrogens with one attached hydrogen (secondary N) is 2. The van der Waals surface area contributed by atoms with Gasteiger partial charge in [0.2, 0.25) is 5.91 Å². The first-order chi connectivity index (χ1) is 9.66. The van der Waals surface area contributed by atoms with Gasteiger partial charge in [-0.2, -0.15) is 0 Å². The van der Waals surface area contributed by atoms with Crippen molar-refractivity contribution >= 4 is 18.3 Å². The number of carbonyl (C=O) groups excluding carboxylic acids is 1. The summed E-state index contributed by atoms with van der Waals surface area (Å²) in [4.78, 5) is 12.1. The fourth-order valence-corrected chi connectivity index (χ4v) is 2.79. The topological polar surface area (TPSA) is 59.6 Å². The molecule has 2 rings (SSSR count). The summed E-state index contributed by atoms with van der Waals surface area (Å²) in [7, 11) is 0. The molecule has 6 heteroatoms. The molecule has 0 aliphatic carbocycles. The van der Waals surface area contributed by atoms with Crippen molar-refractivity contribution < 1.29 is 14.3 Å². The summed E-state index contributed by atoms with van der Waals surface area (Å²) < 4.78 is 11.3. The molecular formula is C15H29ClN2O3. The van der Waals surface area contributed by atoms with Crippen LogP contribution in [-0.2, 0) is 14.3 Å². The van der Waals surface area contributed by atoms with Gasteiger partial charge in [0, 0.05) is 12.6 Å². The van der Waals surface area contributed by atoms with Gasteiger partial charge in [-0.1, -0.05) is 6.92 Å². The van der Waals surface area contributed by atoms with E-state index in [2.05, 4.69) is 17.6 Å². The molecule has 2 heterocycles. The molecular weight excluding hydrogens is 292 g/mol. The van der Waals surface area contributed by atoms with Crippen LogP contribution in [0.1, 0.15) is 39.5 Å². The van der Waals surface area contributed by atoms with E-state index in [1.54, 1.807) is 0 Å². The molecule has 2 saturated heterocycles. The Morgan fingerprint density at radius 1 is 1.43 bits per heavy atom. The number of hydrogen-bond donors (Lipinski definition) is 2. The Morgan fingerprint density at radius 2 is 2.24 bits per heavy atom. The second-order valence-corrected chi connectivity index (χ2v) is 6.05. The van der Waals surface area contributed by atoms with Crippen molar-refractivity contribution in [2.75, 3.05) is 26.3 Å². The number of piperidine rings is 1. The van der Waals surface area contributed by atoms with E-state index in [1.807, 2.05) is 6.92 Å². The zero-order valence-electron chi connectivity index (χ0n) is 13.1. The van der Waals surface area contributed by atoms with Crippen LogP contribution in [0.25, 0.3) is 0 Å². The van der Waals surface area contributed by atoms with E-state index in [0.29, 0.717) is 12.5 Å². The van der Waals surface area contributed by atoms with Gasteiger partial charge in [0.15, 0.2) is 0 Å². The van der Waals surface area contributed by atoms with Gasteiger partial charge in [-0.25, -0.2) is 0 Å². The minimum absolute atomic E-state index is 0. The molecule has 2 fully saturated rings. The van der Waals surface area contributed by atoms with Gasteiger partial charge in [0.1, 0.15) is 6.10 Å². The first-order valence-electron chi connectivity index (χ1n) is 7.91. The number of hydrogen-bond acceptors (Lipinski definition) is 4. The molecule has 0 aromatic carbocycles. The summed E-state index contributed by atoms with van der Waals surface area (Å²) in [6.07, 6.45) is 4.13. The summed E-state index contributed by atoms with van der Waals surface area (Å²) in [5, 5.41) is 6.45. The summed E-state index contributed by atoms with van der Waals surface area (Å²) in [5.74, 6) is 0.473. The maximum absolute atomic E-state index is 12.1. The van der Waals surface area contributed by atoms with Gasteiger partial charge in [-0.3, -0.25) is 4.79 Å². The molecule has 0 saturated carbocycles. The summed E-state index contributed by atoms with van der Waals surface area (Å²) in [6, 6.07) is 0.265. The summed E-state index contributed by atoms with van der Waals surface area (Å²) in [6.45, 7) is 7.27. The van der Waals surface area contributed by atoms with Gasteiger partial charge in [0.25, 0.3) is 0 Å². The fourth-order valence-electron chi connectivity index (χ4n) is 2.79. The lowest BCUT2D eigenvalue weighted by Gasteiger charge is -2.31. The third kappa shape index (κ3) is 6.10. The van der Waals surface area contributed by atoms with Crippen molar-refractivity contribution in [2.45, 2.75) is 57.8 Å². The van der Waals surface area contributed by atoms with E-state index in [4.69, 9.17) is 9.47 Å². The largest absolute Gasteiger partial charge is 0.376 e. The van der Waals surface area contributed by atoms with Gasteiger partial charge in [0.05, 0.1) is 12.7 Å². The van der Waals surface area contributed by atoms with Crippen LogP contribution in [0, 0.1) is 5.92 Å². The quantitative estimate of drug-likeness (QED) is 0.806. The predicted octanol–water partition coefficient (Wildman–Crippen LogP) is 1.50. The number of rotatable bonds is 5. The summed E-state index contributed by atoms with van der Waals surface area (Å²) >= 11 is 0. The molecule has 0 bridgehead atoms. The molecule has 124 valence electrons. The van der Waals surface area contributed by atoms with Crippen molar-refractivity contribution in [3.63, 3.8) is 0 Å². The van der Waals surface area contributed by atoms with E-state index >= 15 is 0 Å². The first-order valence-corrected chi connectivity index (χ1v) is 7.91. The minimum Gasteiger partial charge on any atom is -0.376 e. The van der Waals surface area contributed by atoms with E-state index in [-0.39, 0.29) is 30.5 Å². The normalized spacial score (nSPS) is 31.0. The Labute approximate surface area is 133 Å². The van der Waals surface area contributed by atoms with Gasteiger partial charge >= 0.3 is 0 Å².